The molecule has 1 saturated heterocycles. The van der Waals surface area contributed by atoms with Gasteiger partial charge in [0.2, 0.25) is 5.76 Å². The Bertz CT molecular complexity index is 500. The van der Waals surface area contributed by atoms with Gasteiger partial charge >= 0.3 is 12.0 Å². The number of hydrogen-bond donors (Lipinski definition) is 1. The topological polar surface area (TPSA) is 85.8 Å². The fourth-order valence-corrected chi connectivity index (χ4v) is 2.69. The summed E-state index contributed by atoms with van der Waals surface area (Å²) in [5.41, 5.74) is 5.96. The second kappa shape index (κ2) is 5.64. The average molecular weight is 331 g/mol. The molecule has 1 fully saturated rings. The lowest BCUT2D eigenvalue weighted by atomic mass is 10.2. The summed E-state index contributed by atoms with van der Waals surface area (Å²) in [4.78, 5) is 24.5. The number of urea groups is 1. The molecule has 1 aliphatic heterocycles. The zero-order chi connectivity index (χ0) is 14.0. The molecule has 2 rings (SSSR count). The van der Waals surface area contributed by atoms with Crippen molar-refractivity contribution in [1.29, 1.82) is 0 Å². The van der Waals surface area contributed by atoms with Crippen molar-refractivity contribution >= 4 is 27.9 Å². The second-order valence-corrected chi connectivity index (χ2v) is 5.27. The van der Waals surface area contributed by atoms with E-state index in [-0.39, 0.29) is 18.4 Å². The third-order valence-corrected chi connectivity index (χ3v) is 3.53. The molecule has 1 atom stereocenters. The second-order valence-electron chi connectivity index (χ2n) is 4.49. The van der Waals surface area contributed by atoms with Crippen molar-refractivity contribution in [3.8, 4) is 0 Å². The summed E-state index contributed by atoms with van der Waals surface area (Å²) in [6, 6.07) is 1.08. The highest BCUT2D eigenvalue weighted by atomic mass is 79.9. The van der Waals surface area contributed by atoms with Crippen LogP contribution in [0.3, 0.4) is 0 Å². The van der Waals surface area contributed by atoms with Gasteiger partial charge in [-0.05, 0) is 41.8 Å². The van der Waals surface area contributed by atoms with Crippen molar-refractivity contribution in [2.75, 3.05) is 13.2 Å². The molecule has 0 aromatic carbocycles. The molecule has 0 bridgehead atoms. The van der Waals surface area contributed by atoms with Gasteiger partial charge in [0, 0.05) is 12.1 Å². The first kappa shape index (κ1) is 13.9. The van der Waals surface area contributed by atoms with Crippen LogP contribution in [0.15, 0.2) is 15.2 Å². The maximum atomic E-state index is 11.8. The molecule has 0 aliphatic carbocycles. The number of aryl methyl sites for hydroxylation is 1. The van der Waals surface area contributed by atoms with Crippen LogP contribution >= 0.6 is 15.9 Å². The fraction of sp³-hybridized carbons (Fsp3) is 0.500. The Morgan fingerprint density at radius 3 is 2.95 bits per heavy atom. The normalized spacial score (nSPS) is 18.6. The van der Waals surface area contributed by atoms with E-state index >= 15 is 0 Å². The molecule has 1 aromatic rings. The standard InChI is InChI=1S/C12H15BrN2O4/c1-7-5-9(13)19-10(7)11(16)18-6-8-3-2-4-15(8)12(14)17/h5,8H,2-4,6H2,1H3,(H2,14,17)/t8-/m1/s1. The molecule has 19 heavy (non-hydrogen) atoms. The van der Waals surface area contributed by atoms with Crippen LogP contribution in [0.1, 0.15) is 29.0 Å². The first-order valence-corrected chi connectivity index (χ1v) is 6.77. The Morgan fingerprint density at radius 1 is 1.63 bits per heavy atom. The molecule has 104 valence electrons. The number of carbonyl (C=O) groups excluding carboxylic acids is 2. The van der Waals surface area contributed by atoms with E-state index in [1.807, 2.05) is 0 Å². The number of esters is 1. The third-order valence-electron chi connectivity index (χ3n) is 3.14. The minimum Gasteiger partial charge on any atom is -0.458 e. The van der Waals surface area contributed by atoms with E-state index in [1.165, 1.54) is 4.90 Å². The zero-order valence-electron chi connectivity index (χ0n) is 10.5. The largest absolute Gasteiger partial charge is 0.458 e. The molecule has 6 nitrogen and oxygen atoms in total. The molecule has 0 unspecified atom stereocenters. The maximum Gasteiger partial charge on any atom is 0.374 e. The van der Waals surface area contributed by atoms with Crippen LogP contribution in [0.2, 0.25) is 0 Å². The van der Waals surface area contributed by atoms with E-state index in [2.05, 4.69) is 15.9 Å². The Labute approximate surface area is 119 Å². The number of rotatable bonds is 3. The summed E-state index contributed by atoms with van der Waals surface area (Å²) in [5, 5.41) is 0. The number of ether oxygens (including phenoxy) is 1. The molecule has 2 amide bonds. The number of halogens is 1. The van der Waals surface area contributed by atoms with Gasteiger partial charge in [-0.15, -0.1) is 0 Å². The molecular weight excluding hydrogens is 316 g/mol. The highest BCUT2D eigenvalue weighted by Crippen LogP contribution is 2.21. The highest BCUT2D eigenvalue weighted by molar-refractivity contribution is 9.10. The van der Waals surface area contributed by atoms with Gasteiger partial charge in [0.25, 0.3) is 0 Å². The van der Waals surface area contributed by atoms with E-state index in [9.17, 15) is 9.59 Å². The quantitative estimate of drug-likeness (QED) is 0.859. The third kappa shape index (κ3) is 3.09. The summed E-state index contributed by atoms with van der Waals surface area (Å²) in [6.07, 6.45) is 1.66. The number of carbonyl (C=O) groups is 2. The first-order valence-electron chi connectivity index (χ1n) is 5.98. The Balaban J connectivity index is 1.94. The Kier molecular flexibility index (Phi) is 4.14. The SMILES string of the molecule is Cc1cc(Br)oc1C(=O)OC[C@H]1CCCN1C(N)=O. The van der Waals surface area contributed by atoms with Crippen LogP contribution in [-0.2, 0) is 4.74 Å². The van der Waals surface area contributed by atoms with Crippen molar-refractivity contribution in [2.24, 2.45) is 5.73 Å². The van der Waals surface area contributed by atoms with Crippen LogP contribution in [0, 0.1) is 6.92 Å². The molecule has 1 aliphatic rings. The average Bonchev–Trinajstić information content (AvgIpc) is 2.92. The van der Waals surface area contributed by atoms with Gasteiger partial charge in [-0.2, -0.15) is 0 Å². The van der Waals surface area contributed by atoms with Gasteiger partial charge < -0.3 is 19.8 Å². The van der Waals surface area contributed by atoms with Gasteiger partial charge in [-0.25, -0.2) is 9.59 Å². The minimum atomic E-state index is -0.528. The summed E-state index contributed by atoms with van der Waals surface area (Å²) in [6.45, 7) is 2.51. The van der Waals surface area contributed by atoms with Gasteiger partial charge in [-0.3, -0.25) is 0 Å². The summed E-state index contributed by atoms with van der Waals surface area (Å²) in [7, 11) is 0. The molecule has 2 N–H and O–H groups in total. The van der Waals surface area contributed by atoms with Crippen LogP contribution in [0.5, 0.6) is 0 Å². The summed E-state index contributed by atoms with van der Waals surface area (Å²) < 4.78 is 10.9. The smallest absolute Gasteiger partial charge is 0.374 e. The molecule has 0 saturated carbocycles. The molecule has 0 spiro atoms. The fourth-order valence-electron chi connectivity index (χ4n) is 2.18. The summed E-state index contributed by atoms with van der Waals surface area (Å²) >= 11 is 3.15. The van der Waals surface area contributed by atoms with Crippen molar-refractivity contribution < 1.29 is 18.7 Å². The monoisotopic (exact) mass is 330 g/mol. The van der Waals surface area contributed by atoms with Gasteiger partial charge in [0.1, 0.15) is 6.61 Å². The van der Waals surface area contributed by atoms with E-state index < -0.39 is 12.0 Å². The lowest BCUT2D eigenvalue weighted by molar-refractivity contribution is 0.0385. The number of nitrogens with two attached hydrogens (primary N) is 1. The Hall–Kier alpha value is -1.50. The zero-order valence-corrected chi connectivity index (χ0v) is 12.1. The highest BCUT2D eigenvalue weighted by Gasteiger charge is 2.29. The lowest BCUT2D eigenvalue weighted by Crippen LogP contribution is -2.41. The van der Waals surface area contributed by atoms with Gasteiger partial charge in [0.05, 0.1) is 6.04 Å². The molecular formula is C12H15BrN2O4. The predicted molar refractivity (Wildman–Crippen MR) is 70.7 cm³/mol. The molecule has 2 heterocycles. The minimum absolute atomic E-state index is 0.138. The van der Waals surface area contributed by atoms with Crippen LogP contribution < -0.4 is 5.73 Å². The van der Waals surface area contributed by atoms with Crippen LogP contribution in [0.25, 0.3) is 0 Å². The number of nitrogens with zero attached hydrogens (tertiary/aromatic N) is 1. The molecule has 7 heteroatoms. The number of hydrogen-bond acceptors (Lipinski definition) is 4. The number of likely N-dealkylation sites (tertiary alicyclic amines) is 1. The van der Waals surface area contributed by atoms with Crippen molar-refractivity contribution in [1.82, 2.24) is 4.90 Å². The van der Waals surface area contributed by atoms with E-state index in [1.54, 1.807) is 13.0 Å². The van der Waals surface area contributed by atoms with Crippen molar-refractivity contribution in [3.63, 3.8) is 0 Å². The number of furan rings is 1. The van der Waals surface area contributed by atoms with Crippen molar-refractivity contribution in [3.05, 3.63) is 22.1 Å². The number of amides is 2. The predicted octanol–water partition coefficient (Wildman–Crippen LogP) is 2.05. The van der Waals surface area contributed by atoms with E-state index in [0.29, 0.717) is 16.8 Å². The van der Waals surface area contributed by atoms with Gasteiger partial charge in [0.15, 0.2) is 4.67 Å². The van der Waals surface area contributed by atoms with E-state index in [4.69, 9.17) is 14.9 Å². The number of primary amides is 1. The van der Waals surface area contributed by atoms with Crippen LogP contribution in [0.4, 0.5) is 4.79 Å². The maximum absolute atomic E-state index is 11.8. The summed E-state index contributed by atoms with van der Waals surface area (Å²) in [5.74, 6) is -0.352. The van der Waals surface area contributed by atoms with Crippen molar-refractivity contribution in [2.45, 2.75) is 25.8 Å². The van der Waals surface area contributed by atoms with E-state index in [0.717, 1.165) is 12.8 Å². The molecule has 1 aromatic heterocycles. The first-order chi connectivity index (χ1) is 8.99. The lowest BCUT2D eigenvalue weighted by Gasteiger charge is -2.21. The van der Waals surface area contributed by atoms with Gasteiger partial charge in [-0.1, -0.05) is 0 Å². The van der Waals surface area contributed by atoms with Crippen LogP contribution in [-0.4, -0.2) is 36.1 Å². The Morgan fingerprint density at radius 2 is 2.37 bits per heavy atom. The molecule has 0 radical (unpaired) electrons.